The molecule has 1 aromatic heterocycles. The van der Waals surface area contributed by atoms with Crippen molar-refractivity contribution in [2.24, 2.45) is 0 Å². The second-order valence-electron chi connectivity index (χ2n) is 5.19. The molecule has 0 spiro atoms. The summed E-state index contributed by atoms with van der Waals surface area (Å²) in [5.41, 5.74) is 0.862. The quantitative estimate of drug-likeness (QED) is 0.733. The molecule has 0 fully saturated rings. The average Bonchev–Trinajstić information content (AvgIpc) is 2.62. The van der Waals surface area contributed by atoms with Gasteiger partial charge < -0.3 is 5.32 Å². The Morgan fingerprint density at radius 3 is 2.20 bits per heavy atom. The van der Waals surface area contributed by atoms with Crippen LogP contribution in [0.2, 0.25) is 5.02 Å². The topological polar surface area (TPSA) is 72.0 Å². The lowest BCUT2D eigenvalue weighted by molar-refractivity contribution is 0.590. The number of halogens is 2. The van der Waals surface area contributed by atoms with Gasteiger partial charge in [-0.1, -0.05) is 23.7 Å². The van der Waals surface area contributed by atoms with Crippen LogP contribution in [0.5, 0.6) is 0 Å². The summed E-state index contributed by atoms with van der Waals surface area (Å²) in [6.45, 7) is 0.415. The molecular weight excluding hydrogens is 365 g/mol. The van der Waals surface area contributed by atoms with Gasteiger partial charge in [0.1, 0.15) is 11.6 Å². The van der Waals surface area contributed by atoms with Gasteiger partial charge in [-0.15, -0.1) is 10.2 Å². The van der Waals surface area contributed by atoms with E-state index in [0.717, 1.165) is 5.56 Å². The van der Waals surface area contributed by atoms with Crippen LogP contribution in [-0.2, 0) is 16.4 Å². The number of nitrogens with zero attached hydrogens (tertiary/aromatic N) is 2. The fraction of sp³-hybridized carbons (Fsp3) is 0.0588. The first-order valence-electron chi connectivity index (χ1n) is 7.28. The van der Waals surface area contributed by atoms with Crippen molar-refractivity contribution in [1.82, 2.24) is 10.2 Å². The van der Waals surface area contributed by atoms with Crippen molar-refractivity contribution >= 4 is 27.3 Å². The number of hydrogen-bond donors (Lipinski definition) is 1. The third-order valence-corrected chi connectivity index (χ3v) is 5.34. The zero-order valence-electron chi connectivity index (χ0n) is 12.9. The lowest BCUT2D eigenvalue weighted by atomic mass is 10.2. The number of rotatable bonds is 5. The second kappa shape index (κ2) is 7.16. The molecular formula is C17H13ClFN3O2S. The fourth-order valence-corrected chi connectivity index (χ4v) is 3.34. The third-order valence-electron chi connectivity index (χ3n) is 3.43. The Morgan fingerprint density at radius 1 is 0.920 bits per heavy atom. The molecule has 0 amide bonds. The molecule has 0 aliphatic heterocycles. The van der Waals surface area contributed by atoms with Crippen molar-refractivity contribution < 1.29 is 12.8 Å². The van der Waals surface area contributed by atoms with Gasteiger partial charge in [-0.2, -0.15) is 0 Å². The lowest BCUT2D eigenvalue weighted by Crippen LogP contribution is -2.08. The first-order valence-corrected chi connectivity index (χ1v) is 9.14. The van der Waals surface area contributed by atoms with Crippen molar-refractivity contribution in [3.8, 4) is 0 Å². The first-order chi connectivity index (χ1) is 11.9. The molecule has 128 valence electrons. The van der Waals surface area contributed by atoms with Crippen LogP contribution in [-0.4, -0.2) is 18.6 Å². The molecule has 1 N–H and O–H groups in total. The zero-order chi connectivity index (χ0) is 17.9. The third kappa shape index (κ3) is 4.12. The van der Waals surface area contributed by atoms with Gasteiger partial charge >= 0.3 is 0 Å². The molecule has 0 aliphatic carbocycles. The fourth-order valence-electron chi connectivity index (χ4n) is 2.09. The highest BCUT2D eigenvalue weighted by molar-refractivity contribution is 7.91. The van der Waals surface area contributed by atoms with Crippen molar-refractivity contribution in [2.75, 3.05) is 5.32 Å². The summed E-state index contributed by atoms with van der Waals surface area (Å²) in [5, 5.41) is 11.0. The molecule has 0 saturated carbocycles. The maximum atomic E-state index is 12.9. The Labute approximate surface area is 149 Å². The maximum absolute atomic E-state index is 12.9. The smallest absolute Gasteiger partial charge is 0.225 e. The van der Waals surface area contributed by atoms with Crippen LogP contribution in [0.15, 0.2) is 70.6 Å². The van der Waals surface area contributed by atoms with E-state index >= 15 is 0 Å². The van der Waals surface area contributed by atoms with Crippen LogP contribution < -0.4 is 5.32 Å². The summed E-state index contributed by atoms with van der Waals surface area (Å²) in [5.74, 6) is 0.111. The normalized spacial score (nSPS) is 11.3. The van der Waals surface area contributed by atoms with Gasteiger partial charge in [-0.25, -0.2) is 12.8 Å². The second-order valence-corrected chi connectivity index (χ2v) is 7.53. The van der Waals surface area contributed by atoms with E-state index in [1.807, 2.05) is 0 Å². The number of aromatic nitrogens is 2. The molecule has 0 atom stereocenters. The molecule has 25 heavy (non-hydrogen) atoms. The number of anilines is 1. The SMILES string of the molecule is O=S(=O)(c1ccc(Cl)cc1)c1ccc(NCc2ccc(F)cc2)nn1. The summed E-state index contributed by atoms with van der Waals surface area (Å²) in [7, 11) is -3.75. The van der Waals surface area contributed by atoms with E-state index in [1.165, 1.54) is 48.5 Å². The molecule has 3 aromatic rings. The van der Waals surface area contributed by atoms with E-state index in [1.54, 1.807) is 12.1 Å². The van der Waals surface area contributed by atoms with Crippen molar-refractivity contribution in [1.29, 1.82) is 0 Å². The van der Waals surface area contributed by atoms with Gasteiger partial charge in [-0.05, 0) is 54.1 Å². The molecule has 1 heterocycles. The number of sulfone groups is 1. The largest absolute Gasteiger partial charge is 0.365 e. The van der Waals surface area contributed by atoms with Gasteiger partial charge in [0.05, 0.1) is 4.90 Å². The van der Waals surface area contributed by atoms with Gasteiger partial charge in [0.2, 0.25) is 9.84 Å². The summed E-state index contributed by atoms with van der Waals surface area (Å²) in [6.07, 6.45) is 0. The van der Waals surface area contributed by atoms with E-state index in [4.69, 9.17) is 11.6 Å². The minimum Gasteiger partial charge on any atom is -0.365 e. The monoisotopic (exact) mass is 377 g/mol. The molecule has 0 bridgehead atoms. The predicted octanol–water partition coefficient (Wildman–Crippen LogP) is 3.71. The van der Waals surface area contributed by atoms with E-state index in [0.29, 0.717) is 17.4 Å². The Balaban J connectivity index is 1.73. The molecule has 8 heteroatoms. The van der Waals surface area contributed by atoms with E-state index in [9.17, 15) is 12.8 Å². The Bertz CT molecular complexity index is 960. The first kappa shape index (κ1) is 17.3. The van der Waals surface area contributed by atoms with E-state index in [-0.39, 0.29) is 15.7 Å². The van der Waals surface area contributed by atoms with Crippen LogP contribution >= 0.6 is 11.6 Å². The van der Waals surface area contributed by atoms with E-state index in [2.05, 4.69) is 15.5 Å². The van der Waals surface area contributed by atoms with Crippen LogP contribution in [0.3, 0.4) is 0 Å². The highest BCUT2D eigenvalue weighted by Crippen LogP contribution is 2.21. The Morgan fingerprint density at radius 2 is 1.60 bits per heavy atom. The number of benzene rings is 2. The molecule has 0 radical (unpaired) electrons. The van der Waals surface area contributed by atoms with E-state index < -0.39 is 9.84 Å². The molecule has 0 unspecified atom stereocenters. The average molecular weight is 378 g/mol. The number of nitrogens with one attached hydrogen (secondary N) is 1. The Hall–Kier alpha value is -2.51. The minimum absolute atomic E-state index is 0.0956. The van der Waals surface area contributed by atoms with Crippen molar-refractivity contribution in [3.05, 3.63) is 77.1 Å². The molecule has 0 aliphatic rings. The zero-order valence-corrected chi connectivity index (χ0v) is 14.4. The summed E-state index contributed by atoms with van der Waals surface area (Å²) in [6, 6.07) is 14.8. The minimum atomic E-state index is -3.75. The van der Waals surface area contributed by atoms with Crippen LogP contribution in [0.1, 0.15) is 5.56 Å². The van der Waals surface area contributed by atoms with Gasteiger partial charge in [0, 0.05) is 11.6 Å². The van der Waals surface area contributed by atoms with Crippen LogP contribution in [0.4, 0.5) is 10.2 Å². The maximum Gasteiger partial charge on any atom is 0.225 e. The lowest BCUT2D eigenvalue weighted by Gasteiger charge is -2.07. The number of hydrogen-bond acceptors (Lipinski definition) is 5. The van der Waals surface area contributed by atoms with Crippen LogP contribution in [0.25, 0.3) is 0 Å². The van der Waals surface area contributed by atoms with Crippen LogP contribution in [0, 0.1) is 5.82 Å². The van der Waals surface area contributed by atoms with Gasteiger partial charge in [-0.3, -0.25) is 0 Å². The Kier molecular flexibility index (Phi) is 4.96. The van der Waals surface area contributed by atoms with Crippen molar-refractivity contribution in [3.63, 3.8) is 0 Å². The van der Waals surface area contributed by atoms with Crippen molar-refractivity contribution in [2.45, 2.75) is 16.5 Å². The molecule has 5 nitrogen and oxygen atoms in total. The highest BCUT2D eigenvalue weighted by atomic mass is 35.5. The van der Waals surface area contributed by atoms with Gasteiger partial charge in [0.25, 0.3) is 0 Å². The van der Waals surface area contributed by atoms with Gasteiger partial charge in [0.15, 0.2) is 5.03 Å². The molecule has 0 saturated heterocycles. The molecule has 3 rings (SSSR count). The predicted molar refractivity (Wildman–Crippen MR) is 92.7 cm³/mol. The highest BCUT2D eigenvalue weighted by Gasteiger charge is 2.19. The molecule has 2 aromatic carbocycles. The summed E-state index contributed by atoms with van der Waals surface area (Å²) < 4.78 is 37.8. The summed E-state index contributed by atoms with van der Waals surface area (Å²) in [4.78, 5) is 0.0956. The summed E-state index contributed by atoms with van der Waals surface area (Å²) >= 11 is 5.77. The standard InChI is InChI=1S/C17H13ClFN3O2S/c18-13-3-7-15(8-4-13)25(23,24)17-10-9-16(21-22-17)20-11-12-1-5-14(19)6-2-12/h1-10H,11H2,(H,20,21).